The van der Waals surface area contributed by atoms with Crippen molar-refractivity contribution < 1.29 is 4.42 Å². The Morgan fingerprint density at radius 1 is 0.367 bits per heavy atom. The van der Waals surface area contributed by atoms with Crippen molar-refractivity contribution in [3.63, 3.8) is 0 Å². The third-order valence-corrected chi connectivity index (χ3v) is 8.43. The second kappa shape index (κ2) is 12.1. The van der Waals surface area contributed by atoms with Gasteiger partial charge in [0, 0.05) is 39.6 Å². The molecule has 0 atom stereocenters. The quantitative estimate of drug-likeness (QED) is 0.181. The highest BCUT2D eigenvalue weighted by molar-refractivity contribution is 6.07. The summed E-state index contributed by atoms with van der Waals surface area (Å²) in [7, 11) is 0. The van der Waals surface area contributed by atoms with Crippen LogP contribution in [0.1, 0.15) is 0 Å². The van der Waals surface area contributed by atoms with Crippen LogP contribution in [-0.2, 0) is 0 Å². The first-order valence-corrected chi connectivity index (χ1v) is 16.0. The van der Waals surface area contributed by atoms with Gasteiger partial charge in [-0.25, -0.2) is 29.9 Å². The van der Waals surface area contributed by atoms with Gasteiger partial charge in [0.2, 0.25) is 5.71 Å². The minimum atomic E-state index is 0.520. The number of furan rings is 1. The van der Waals surface area contributed by atoms with Gasteiger partial charge in [-0.05, 0) is 11.6 Å². The van der Waals surface area contributed by atoms with E-state index >= 15 is 0 Å². The standard InChI is InChI=1S/C42H26N6O/c1-5-13-27(14-6-1)33-25-34-36-37(49-42(34)43-26-33)35(28-15-7-2-8-16-28)44-38(45-36)31-21-23-32(24-22-31)41-47-39(29-17-9-3-10-18-29)46-40(48-41)30-19-11-4-12-20-30/h1-26H. The highest BCUT2D eigenvalue weighted by Crippen LogP contribution is 2.36. The van der Waals surface area contributed by atoms with Gasteiger partial charge in [-0.3, -0.25) is 0 Å². The average Bonchev–Trinajstić information content (AvgIpc) is 3.57. The van der Waals surface area contributed by atoms with E-state index in [4.69, 9.17) is 29.3 Å². The van der Waals surface area contributed by atoms with Gasteiger partial charge in [0.05, 0.1) is 5.39 Å². The summed E-state index contributed by atoms with van der Waals surface area (Å²) >= 11 is 0. The zero-order valence-corrected chi connectivity index (χ0v) is 26.1. The van der Waals surface area contributed by atoms with Crippen molar-refractivity contribution in [2.75, 3.05) is 0 Å². The minimum absolute atomic E-state index is 0.520. The number of aromatic nitrogens is 6. The molecule has 49 heavy (non-hydrogen) atoms. The lowest BCUT2D eigenvalue weighted by Gasteiger charge is -2.09. The number of rotatable bonds is 6. The number of nitrogens with zero attached hydrogens (tertiary/aromatic N) is 6. The van der Waals surface area contributed by atoms with Crippen LogP contribution < -0.4 is 0 Å². The third kappa shape index (κ3) is 5.39. The predicted octanol–water partition coefficient (Wildman–Crippen LogP) is 9.96. The molecule has 230 valence electrons. The van der Waals surface area contributed by atoms with E-state index in [1.807, 2.05) is 140 Å². The van der Waals surface area contributed by atoms with Crippen LogP contribution in [0, 0.1) is 0 Å². The first-order valence-electron chi connectivity index (χ1n) is 16.0. The normalized spacial score (nSPS) is 11.3. The number of hydrogen-bond donors (Lipinski definition) is 0. The van der Waals surface area contributed by atoms with Gasteiger partial charge in [-0.2, -0.15) is 0 Å². The summed E-state index contributed by atoms with van der Waals surface area (Å²) in [6.07, 6.45) is 1.84. The van der Waals surface area contributed by atoms with E-state index in [0.717, 1.165) is 44.3 Å². The Kier molecular flexibility index (Phi) is 6.98. The second-order valence-electron chi connectivity index (χ2n) is 11.6. The SMILES string of the molecule is c1ccc(-c2cnc3oc4c(-c5ccccc5)nc(-c5ccc(-c6nc(-c7ccccc7)nc(-c7ccccc7)n6)cc5)nc4c3c2)cc1. The van der Waals surface area contributed by atoms with E-state index in [-0.39, 0.29) is 0 Å². The zero-order valence-electron chi connectivity index (χ0n) is 26.1. The lowest BCUT2D eigenvalue weighted by atomic mass is 10.1. The number of hydrogen-bond acceptors (Lipinski definition) is 7. The monoisotopic (exact) mass is 630 g/mol. The smallest absolute Gasteiger partial charge is 0.229 e. The van der Waals surface area contributed by atoms with Crippen molar-refractivity contribution in [2.24, 2.45) is 0 Å². The summed E-state index contributed by atoms with van der Waals surface area (Å²) in [5, 5.41) is 0.834. The molecule has 9 rings (SSSR count). The van der Waals surface area contributed by atoms with E-state index in [9.17, 15) is 0 Å². The highest BCUT2D eigenvalue weighted by atomic mass is 16.3. The zero-order chi connectivity index (χ0) is 32.6. The van der Waals surface area contributed by atoms with Crippen molar-refractivity contribution in [3.8, 4) is 67.9 Å². The van der Waals surface area contributed by atoms with Gasteiger partial charge in [-0.1, -0.05) is 146 Å². The van der Waals surface area contributed by atoms with Crippen molar-refractivity contribution in [3.05, 3.63) is 158 Å². The Morgan fingerprint density at radius 3 is 1.31 bits per heavy atom. The Morgan fingerprint density at radius 2 is 0.796 bits per heavy atom. The molecule has 0 fully saturated rings. The lowest BCUT2D eigenvalue weighted by Crippen LogP contribution is -2.00. The highest BCUT2D eigenvalue weighted by Gasteiger charge is 2.20. The number of benzene rings is 5. The fourth-order valence-corrected chi connectivity index (χ4v) is 5.94. The van der Waals surface area contributed by atoms with Gasteiger partial charge in [0.1, 0.15) is 11.2 Å². The molecule has 0 aliphatic heterocycles. The van der Waals surface area contributed by atoms with Crippen LogP contribution >= 0.6 is 0 Å². The van der Waals surface area contributed by atoms with Crippen LogP contribution in [0.3, 0.4) is 0 Å². The first-order chi connectivity index (χ1) is 24.3. The maximum Gasteiger partial charge on any atom is 0.229 e. The van der Waals surface area contributed by atoms with Gasteiger partial charge < -0.3 is 4.42 Å². The van der Waals surface area contributed by atoms with Crippen LogP contribution in [0.25, 0.3) is 90.1 Å². The molecule has 0 radical (unpaired) electrons. The Labute approximate surface area is 281 Å². The van der Waals surface area contributed by atoms with Crippen molar-refractivity contribution in [2.45, 2.75) is 0 Å². The fraction of sp³-hybridized carbons (Fsp3) is 0. The van der Waals surface area contributed by atoms with Crippen molar-refractivity contribution in [1.82, 2.24) is 29.9 Å². The van der Waals surface area contributed by atoms with Crippen LogP contribution in [0.4, 0.5) is 0 Å². The summed E-state index contributed by atoms with van der Waals surface area (Å²) in [6, 6.07) is 50.3. The summed E-state index contributed by atoms with van der Waals surface area (Å²) in [6.45, 7) is 0. The molecule has 0 unspecified atom stereocenters. The van der Waals surface area contributed by atoms with Crippen LogP contribution in [0.15, 0.2) is 162 Å². The maximum atomic E-state index is 6.33. The van der Waals surface area contributed by atoms with E-state index in [0.29, 0.717) is 45.8 Å². The molecule has 9 aromatic rings. The molecule has 7 nitrogen and oxygen atoms in total. The van der Waals surface area contributed by atoms with E-state index in [1.165, 1.54) is 0 Å². The van der Waals surface area contributed by atoms with Crippen molar-refractivity contribution in [1.29, 1.82) is 0 Å². The Balaban J connectivity index is 1.17. The third-order valence-electron chi connectivity index (χ3n) is 8.43. The molecule has 0 spiro atoms. The number of pyridine rings is 1. The molecule has 7 heteroatoms. The van der Waals surface area contributed by atoms with Crippen LogP contribution in [0.2, 0.25) is 0 Å². The predicted molar refractivity (Wildman–Crippen MR) is 193 cm³/mol. The van der Waals surface area contributed by atoms with E-state index < -0.39 is 0 Å². The lowest BCUT2D eigenvalue weighted by molar-refractivity contribution is 0.653. The topological polar surface area (TPSA) is 90.5 Å². The van der Waals surface area contributed by atoms with E-state index in [2.05, 4.69) is 23.2 Å². The van der Waals surface area contributed by atoms with Gasteiger partial charge >= 0.3 is 0 Å². The maximum absolute atomic E-state index is 6.33. The molecule has 4 heterocycles. The van der Waals surface area contributed by atoms with Gasteiger partial charge in [-0.15, -0.1) is 0 Å². The van der Waals surface area contributed by atoms with Gasteiger partial charge in [0.15, 0.2) is 28.9 Å². The van der Waals surface area contributed by atoms with Gasteiger partial charge in [0.25, 0.3) is 0 Å². The summed E-state index contributed by atoms with van der Waals surface area (Å²) < 4.78 is 6.33. The summed E-state index contributed by atoms with van der Waals surface area (Å²) in [5.74, 6) is 2.40. The van der Waals surface area contributed by atoms with Crippen molar-refractivity contribution >= 4 is 22.2 Å². The molecule has 4 aromatic heterocycles. The van der Waals surface area contributed by atoms with Crippen LogP contribution in [0.5, 0.6) is 0 Å². The van der Waals surface area contributed by atoms with E-state index in [1.54, 1.807) is 0 Å². The first kappa shape index (κ1) is 28.4. The molecular formula is C42H26N6O. The summed E-state index contributed by atoms with van der Waals surface area (Å²) in [4.78, 5) is 29.4. The second-order valence-corrected chi connectivity index (χ2v) is 11.6. The molecule has 0 bridgehead atoms. The minimum Gasteiger partial charge on any atom is -0.434 e. The Hall–Kier alpha value is -6.86. The molecule has 5 aromatic carbocycles. The molecule has 0 saturated carbocycles. The number of fused-ring (bicyclic) bond motifs is 3. The Bertz CT molecular complexity index is 2510. The molecule has 0 aliphatic carbocycles. The molecule has 0 N–H and O–H groups in total. The summed E-state index contributed by atoms with van der Waals surface area (Å²) in [5.41, 5.74) is 9.10. The molecular weight excluding hydrogens is 605 g/mol. The van der Waals surface area contributed by atoms with Crippen LogP contribution in [-0.4, -0.2) is 29.9 Å². The average molecular weight is 631 g/mol. The largest absolute Gasteiger partial charge is 0.434 e. The molecule has 0 amide bonds. The molecule has 0 saturated heterocycles. The fourth-order valence-electron chi connectivity index (χ4n) is 5.94. The molecule has 0 aliphatic rings.